The van der Waals surface area contributed by atoms with Gasteiger partial charge in [0.05, 0.1) is 12.2 Å². The van der Waals surface area contributed by atoms with E-state index in [1.165, 1.54) is 5.56 Å². The van der Waals surface area contributed by atoms with E-state index in [-0.39, 0.29) is 0 Å². The van der Waals surface area contributed by atoms with E-state index in [2.05, 4.69) is 39.3 Å². The molecule has 0 bridgehead atoms. The molecule has 0 spiro atoms. The van der Waals surface area contributed by atoms with Crippen molar-refractivity contribution in [3.8, 4) is 0 Å². The normalized spacial score (nSPS) is 19.8. The minimum atomic E-state index is 0.417. The SMILES string of the molecule is Cc1ccc(N2CCC(n3ccnn3)C2)nc1. The van der Waals surface area contributed by atoms with Gasteiger partial charge in [0.25, 0.3) is 0 Å². The molecular weight excluding hydrogens is 214 g/mol. The van der Waals surface area contributed by atoms with Crippen molar-refractivity contribution >= 4 is 5.82 Å². The Balaban J connectivity index is 1.74. The summed E-state index contributed by atoms with van der Waals surface area (Å²) in [5.74, 6) is 1.05. The molecule has 5 nitrogen and oxygen atoms in total. The molecule has 3 heterocycles. The van der Waals surface area contributed by atoms with Crippen LogP contribution in [0.1, 0.15) is 18.0 Å². The Morgan fingerprint density at radius 3 is 3.00 bits per heavy atom. The maximum atomic E-state index is 4.46. The molecule has 2 aromatic rings. The van der Waals surface area contributed by atoms with Crippen molar-refractivity contribution in [3.63, 3.8) is 0 Å². The van der Waals surface area contributed by atoms with Crippen molar-refractivity contribution in [3.05, 3.63) is 36.3 Å². The summed E-state index contributed by atoms with van der Waals surface area (Å²) in [5, 5.41) is 7.92. The molecule has 17 heavy (non-hydrogen) atoms. The van der Waals surface area contributed by atoms with Crippen LogP contribution in [0.5, 0.6) is 0 Å². The minimum absolute atomic E-state index is 0.417. The van der Waals surface area contributed by atoms with Crippen LogP contribution in [0, 0.1) is 6.92 Å². The highest BCUT2D eigenvalue weighted by molar-refractivity contribution is 5.40. The van der Waals surface area contributed by atoms with Crippen LogP contribution in [0.4, 0.5) is 5.82 Å². The average molecular weight is 229 g/mol. The van der Waals surface area contributed by atoms with Gasteiger partial charge >= 0.3 is 0 Å². The molecule has 1 atom stereocenters. The highest BCUT2D eigenvalue weighted by Crippen LogP contribution is 2.24. The first kappa shape index (κ1) is 10.3. The monoisotopic (exact) mass is 229 g/mol. The van der Waals surface area contributed by atoms with Crippen LogP contribution in [0.3, 0.4) is 0 Å². The van der Waals surface area contributed by atoms with Gasteiger partial charge in [-0.3, -0.25) is 0 Å². The molecule has 0 N–H and O–H groups in total. The van der Waals surface area contributed by atoms with Gasteiger partial charge in [0.2, 0.25) is 0 Å². The topological polar surface area (TPSA) is 46.8 Å². The smallest absolute Gasteiger partial charge is 0.128 e. The molecule has 0 aromatic carbocycles. The Morgan fingerprint density at radius 1 is 1.35 bits per heavy atom. The van der Waals surface area contributed by atoms with Crippen LogP contribution >= 0.6 is 0 Å². The van der Waals surface area contributed by atoms with E-state index in [0.29, 0.717) is 6.04 Å². The average Bonchev–Trinajstić information content (AvgIpc) is 3.00. The van der Waals surface area contributed by atoms with Crippen molar-refractivity contribution in [1.82, 2.24) is 20.0 Å². The fourth-order valence-corrected chi connectivity index (χ4v) is 2.23. The molecule has 1 saturated heterocycles. The highest BCUT2D eigenvalue weighted by Gasteiger charge is 2.25. The van der Waals surface area contributed by atoms with Crippen LogP contribution in [0.25, 0.3) is 0 Å². The van der Waals surface area contributed by atoms with E-state index in [9.17, 15) is 0 Å². The molecular formula is C12H15N5. The number of aryl methyl sites for hydroxylation is 1. The largest absolute Gasteiger partial charge is 0.354 e. The Bertz CT molecular complexity index is 476. The maximum absolute atomic E-state index is 4.46. The Kier molecular flexibility index (Phi) is 2.51. The Morgan fingerprint density at radius 2 is 2.29 bits per heavy atom. The van der Waals surface area contributed by atoms with Crippen molar-refractivity contribution in [2.45, 2.75) is 19.4 Å². The molecule has 1 aliphatic rings. The van der Waals surface area contributed by atoms with E-state index < -0.39 is 0 Å². The summed E-state index contributed by atoms with van der Waals surface area (Å²) in [5.41, 5.74) is 1.20. The van der Waals surface area contributed by atoms with Gasteiger partial charge in [0.15, 0.2) is 0 Å². The molecule has 0 saturated carbocycles. The van der Waals surface area contributed by atoms with E-state index in [0.717, 1.165) is 25.3 Å². The van der Waals surface area contributed by atoms with Crippen LogP contribution in [-0.4, -0.2) is 33.1 Å². The summed E-state index contributed by atoms with van der Waals surface area (Å²) in [4.78, 5) is 6.75. The van der Waals surface area contributed by atoms with Crippen LogP contribution < -0.4 is 4.90 Å². The second kappa shape index (κ2) is 4.16. The lowest BCUT2D eigenvalue weighted by molar-refractivity contribution is 0.479. The zero-order chi connectivity index (χ0) is 11.7. The molecule has 1 fully saturated rings. The number of anilines is 1. The van der Waals surface area contributed by atoms with Gasteiger partial charge in [-0.1, -0.05) is 11.3 Å². The lowest BCUT2D eigenvalue weighted by atomic mass is 10.3. The predicted octanol–water partition coefficient (Wildman–Crippen LogP) is 1.43. The van der Waals surface area contributed by atoms with Gasteiger partial charge < -0.3 is 4.90 Å². The Hall–Kier alpha value is -1.91. The summed E-state index contributed by atoms with van der Waals surface area (Å²) in [6, 6.07) is 4.60. The van der Waals surface area contributed by atoms with Crippen molar-refractivity contribution in [1.29, 1.82) is 0 Å². The van der Waals surface area contributed by atoms with Crippen molar-refractivity contribution in [2.24, 2.45) is 0 Å². The second-order valence-electron chi connectivity index (χ2n) is 4.47. The first-order valence-corrected chi connectivity index (χ1v) is 5.86. The number of hydrogen-bond donors (Lipinski definition) is 0. The quantitative estimate of drug-likeness (QED) is 0.781. The standard InChI is InChI=1S/C12H15N5/c1-10-2-3-12(13-8-10)16-6-4-11(9-16)17-7-5-14-15-17/h2-3,5,7-8,11H,4,6,9H2,1H3. The fourth-order valence-electron chi connectivity index (χ4n) is 2.23. The van der Waals surface area contributed by atoms with Crippen LogP contribution in [0.2, 0.25) is 0 Å². The van der Waals surface area contributed by atoms with E-state index >= 15 is 0 Å². The molecule has 2 aromatic heterocycles. The van der Waals surface area contributed by atoms with Crippen molar-refractivity contribution in [2.75, 3.05) is 18.0 Å². The molecule has 0 radical (unpaired) electrons. The minimum Gasteiger partial charge on any atom is -0.354 e. The lowest BCUT2D eigenvalue weighted by Crippen LogP contribution is -2.22. The molecule has 88 valence electrons. The summed E-state index contributed by atoms with van der Waals surface area (Å²) in [7, 11) is 0. The number of nitrogens with zero attached hydrogens (tertiary/aromatic N) is 5. The van der Waals surface area contributed by atoms with Crippen LogP contribution in [0.15, 0.2) is 30.7 Å². The molecule has 0 amide bonds. The predicted molar refractivity (Wildman–Crippen MR) is 64.9 cm³/mol. The second-order valence-corrected chi connectivity index (χ2v) is 4.47. The van der Waals surface area contributed by atoms with E-state index in [4.69, 9.17) is 0 Å². The third-order valence-corrected chi connectivity index (χ3v) is 3.20. The number of aromatic nitrogens is 4. The van der Waals surface area contributed by atoms with Gasteiger partial charge in [-0.15, -0.1) is 5.10 Å². The third-order valence-electron chi connectivity index (χ3n) is 3.20. The number of pyridine rings is 1. The van der Waals surface area contributed by atoms with Gasteiger partial charge in [-0.2, -0.15) is 0 Å². The number of hydrogen-bond acceptors (Lipinski definition) is 4. The Labute approximate surface area is 100 Å². The summed E-state index contributed by atoms with van der Waals surface area (Å²) in [6.45, 7) is 4.04. The summed E-state index contributed by atoms with van der Waals surface area (Å²) < 4.78 is 1.94. The first-order valence-electron chi connectivity index (χ1n) is 5.86. The zero-order valence-electron chi connectivity index (χ0n) is 9.82. The van der Waals surface area contributed by atoms with Gasteiger partial charge in [-0.05, 0) is 25.0 Å². The zero-order valence-corrected chi connectivity index (χ0v) is 9.82. The fraction of sp³-hybridized carbons (Fsp3) is 0.417. The molecule has 0 aliphatic carbocycles. The summed E-state index contributed by atoms with van der Waals surface area (Å²) in [6.07, 6.45) is 6.67. The maximum Gasteiger partial charge on any atom is 0.128 e. The molecule has 5 heteroatoms. The van der Waals surface area contributed by atoms with E-state index in [1.807, 2.05) is 17.1 Å². The van der Waals surface area contributed by atoms with E-state index in [1.54, 1.807) is 6.20 Å². The lowest BCUT2D eigenvalue weighted by Gasteiger charge is -2.17. The molecule has 1 unspecified atom stereocenters. The van der Waals surface area contributed by atoms with Gasteiger partial charge in [-0.25, -0.2) is 9.67 Å². The molecule has 3 rings (SSSR count). The third kappa shape index (κ3) is 2.00. The summed E-state index contributed by atoms with van der Waals surface area (Å²) >= 11 is 0. The number of rotatable bonds is 2. The van der Waals surface area contributed by atoms with Gasteiger partial charge in [0, 0.05) is 25.5 Å². The molecule has 1 aliphatic heterocycles. The van der Waals surface area contributed by atoms with Crippen LogP contribution in [-0.2, 0) is 0 Å². The first-order chi connectivity index (χ1) is 8.33. The highest BCUT2D eigenvalue weighted by atomic mass is 15.4. The van der Waals surface area contributed by atoms with Crippen molar-refractivity contribution < 1.29 is 0 Å². The van der Waals surface area contributed by atoms with Gasteiger partial charge in [0.1, 0.15) is 5.82 Å².